The highest BCUT2D eigenvalue weighted by molar-refractivity contribution is 6.46. The van der Waals surface area contributed by atoms with Crippen LogP contribution in [0.2, 0.25) is 0 Å². The quantitative estimate of drug-likeness (QED) is 0.568. The fourth-order valence-electron chi connectivity index (χ4n) is 2.59. The fourth-order valence-corrected chi connectivity index (χ4v) is 2.59. The van der Waals surface area contributed by atoms with Crippen molar-refractivity contribution >= 4 is 17.4 Å². The van der Waals surface area contributed by atoms with Gasteiger partial charge in [-0.15, -0.1) is 0 Å². The number of ketones is 1. The smallest absolute Gasteiger partial charge is 0.298 e. The standard InChI is InChI=1S/C21H20N2O2/c1-15-5-9-17(10-6-15)14-23-13-3-4-19(23)20(24)21(25)22-18-11-7-16(2)8-12-18/h3-13H,14H2,1-2H3,(H,22,25). The van der Waals surface area contributed by atoms with Crippen LogP contribution in [0.15, 0.2) is 66.9 Å². The average molecular weight is 332 g/mol. The Morgan fingerprint density at radius 1 is 0.880 bits per heavy atom. The van der Waals surface area contributed by atoms with Crippen LogP contribution in [0.1, 0.15) is 27.2 Å². The predicted molar refractivity (Wildman–Crippen MR) is 98.9 cm³/mol. The van der Waals surface area contributed by atoms with E-state index in [2.05, 4.69) is 5.32 Å². The van der Waals surface area contributed by atoms with Crippen LogP contribution in [0.4, 0.5) is 5.69 Å². The van der Waals surface area contributed by atoms with Gasteiger partial charge in [0.2, 0.25) is 0 Å². The molecule has 1 heterocycles. The average Bonchev–Trinajstić information content (AvgIpc) is 3.06. The van der Waals surface area contributed by atoms with Crippen molar-refractivity contribution in [2.45, 2.75) is 20.4 Å². The second-order valence-corrected chi connectivity index (χ2v) is 6.16. The first-order chi connectivity index (χ1) is 12.0. The highest BCUT2D eigenvalue weighted by Gasteiger charge is 2.19. The van der Waals surface area contributed by atoms with Gasteiger partial charge in [0.15, 0.2) is 0 Å². The third kappa shape index (κ3) is 4.04. The second-order valence-electron chi connectivity index (χ2n) is 6.16. The van der Waals surface area contributed by atoms with E-state index in [0.717, 1.165) is 11.1 Å². The first-order valence-corrected chi connectivity index (χ1v) is 8.16. The topological polar surface area (TPSA) is 51.1 Å². The van der Waals surface area contributed by atoms with Gasteiger partial charge in [0.1, 0.15) is 0 Å². The number of hydrogen-bond donors (Lipinski definition) is 1. The number of amides is 1. The number of hydrogen-bond acceptors (Lipinski definition) is 2. The monoisotopic (exact) mass is 332 g/mol. The van der Waals surface area contributed by atoms with Gasteiger partial charge in [-0.25, -0.2) is 0 Å². The summed E-state index contributed by atoms with van der Waals surface area (Å²) < 4.78 is 1.79. The van der Waals surface area contributed by atoms with Crippen molar-refractivity contribution in [3.63, 3.8) is 0 Å². The molecule has 0 atom stereocenters. The van der Waals surface area contributed by atoms with E-state index >= 15 is 0 Å². The van der Waals surface area contributed by atoms with Crippen LogP contribution in [-0.4, -0.2) is 16.3 Å². The van der Waals surface area contributed by atoms with Crippen LogP contribution >= 0.6 is 0 Å². The molecule has 0 saturated carbocycles. The molecule has 2 aromatic carbocycles. The van der Waals surface area contributed by atoms with Crippen LogP contribution < -0.4 is 5.32 Å². The van der Waals surface area contributed by atoms with Crippen molar-refractivity contribution in [2.24, 2.45) is 0 Å². The Labute approximate surface area is 147 Å². The zero-order valence-corrected chi connectivity index (χ0v) is 14.3. The van der Waals surface area contributed by atoms with E-state index in [1.807, 2.05) is 56.4 Å². The summed E-state index contributed by atoms with van der Waals surface area (Å²) in [5.41, 5.74) is 4.35. The van der Waals surface area contributed by atoms with Gasteiger partial charge in [-0.3, -0.25) is 9.59 Å². The minimum Gasteiger partial charge on any atom is -0.340 e. The summed E-state index contributed by atoms with van der Waals surface area (Å²) in [7, 11) is 0. The number of nitrogens with zero attached hydrogens (tertiary/aromatic N) is 1. The molecule has 1 N–H and O–H groups in total. The summed E-state index contributed by atoms with van der Waals surface area (Å²) in [6, 6.07) is 18.9. The third-order valence-electron chi connectivity index (χ3n) is 4.05. The summed E-state index contributed by atoms with van der Waals surface area (Å²) in [6.07, 6.45) is 1.81. The Balaban J connectivity index is 1.74. The zero-order chi connectivity index (χ0) is 17.8. The maximum Gasteiger partial charge on any atom is 0.298 e. The van der Waals surface area contributed by atoms with Crippen molar-refractivity contribution < 1.29 is 9.59 Å². The van der Waals surface area contributed by atoms with Crippen LogP contribution in [-0.2, 0) is 11.3 Å². The van der Waals surface area contributed by atoms with Gasteiger partial charge < -0.3 is 9.88 Å². The number of benzene rings is 2. The van der Waals surface area contributed by atoms with E-state index in [0.29, 0.717) is 17.9 Å². The molecular weight excluding hydrogens is 312 g/mol. The Kier molecular flexibility index (Phi) is 4.80. The van der Waals surface area contributed by atoms with E-state index in [-0.39, 0.29) is 0 Å². The molecule has 0 saturated heterocycles. The molecule has 0 unspecified atom stereocenters. The highest BCUT2D eigenvalue weighted by Crippen LogP contribution is 2.12. The molecule has 1 amide bonds. The lowest BCUT2D eigenvalue weighted by molar-refractivity contribution is -0.112. The summed E-state index contributed by atoms with van der Waals surface area (Å²) in [6.45, 7) is 4.55. The summed E-state index contributed by atoms with van der Waals surface area (Å²) in [5, 5.41) is 2.65. The Bertz CT molecular complexity index is 890. The second kappa shape index (κ2) is 7.18. The van der Waals surface area contributed by atoms with E-state index < -0.39 is 11.7 Å². The van der Waals surface area contributed by atoms with E-state index in [1.165, 1.54) is 5.56 Å². The molecule has 0 spiro atoms. The molecule has 0 radical (unpaired) electrons. The number of aryl methyl sites for hydroxylation is 2. The number of Topliss-reactive ketones (excluding diaryl/α,β-unsaturated/α-hetero) is 1. The van der Waals surface area contributed by atoms with Gasteiger partial charge in [-0.05, 0) is 43.7 Å². The molecule has 0 aliphatic rings. The molecule has 126 valence electrons. The molecule has 0 aliphatic carbocycles. The SMILES string of the molecule is Cc1ccc(Cn2cccc2C(=O)C(=O)Nc2ccc(C)cc2)cc1. The molecule has 0 bridgehead atoms. The molecule has 3 rings (SSSR count). The van der Waals surface area contributed by atoms with Gasteiger partial charge in [0.25, 0.3) is 11.7 Å². The molecule has 1 aromatic heterocycles. The molecule has 3 aromatic rings. The van der Waals surface area contributed by atoms with Crippen molar-refractivity contribution in [3.05, 3.63) is 89.2 Å². The van der Waals surface area contributed by atoms with Crippen LogP contribution in [0.3, 0.4) is 0 Å². The van der Waals surface area contributed by atoms with Gasteiger partial charge in [0, 0.05) is 18.4 Å². The van der Waals surface area contributed by atoms with Gasteiger partial charge in [-0.2, -0.15) is 0 Å². The number of anilines is 1. The molecule has 4 nitrogen and oxygen atoms in total. The van der Waals surface area contributed by atoms with Gasteiger partial charge in [-0.1, -0.05) is 47.5 Å². The van der Waals surface area contributed by atoms with E-state index in [1.54, 1.807) is 28.8 Å². The van der Waals surface area contributed by atoms with E-state index in [4.69, 9.17) is 0 Å². The number of aromatic nitrogens is 1. The number of carbonyl (C=O) groups excluding carboxylic acids is 2. The number of nitrogens with one attached hydrogen (secondary N) is 1. The Morgan fingerprint density at radius 2 is 1.48 bits per heavy atom. The minimum absolute atomic E-state index is 0.380. The van der Waals surface area contributed by atoms with Crippen molar-refractivity contribution in [1.82, 2.24) is 4.57 Å². The summed E-state index contributed by atoms with van der Waals surface area (Å²) in [4.78, 5) is 24.8. The van der Waals surface area contributed by atoms with Crippen LogP contribution in [0.25, 0.3) is 0 Å². The van der Waals surface area contributed by atoms with Gasteiger partial charge >= 0.3 is 0 Å². The number of rotatable bonds is 5. The molecule has 0 aliphatic heterocycles. The van der Waals surface area contributed by atoms with Gasteiger partial charge in [0.05, 0.1) is 5.69 Å². The zero-order valence-electron chi connectivity index (χ0n) is 14.3. The lowest BCUT2D eigenvalue weighted by Crippen LogP contribution is -2.25. The van der Waals surface area contributed by atoms with E-state index in [9.17, 15) is 9.59 Å². The largest absolute Gasteiger partial charge is 0.340 e. The summed E-state index contributed by atoms with van der Waals surface area (Å²) in [5.74, 6) is -1.18. The first kappa shape index (κ1) is 16.7. The molecular formula is C21H20N2O2. The predicted octanol–water partition coefficient (Wildman–Crippen LogP) is 3.97. The van der Waals surface area contributed by atoms with Crippen LogP contribution in [0.5, 0.6) is 0 Å². The van der Waals surface area contributed by atoms with Crippen molar-refractivity contribution in [3.8, 4) is 0 Å². The van der Waals surface area contributed by atoms with Crippen LogP contribution in [0, 0.1) is 13.8 Å². The maximum atomic E-state index is 12.5. The Morgan fingerprint density at radius 3 is 2.12 bits per heavy atom. The Hall–Kier alpha value is -3.14. The minimum atomic E-state index is -0.632. The highest BCUT2D eigenvalue weighted by atomic mass is 16.2. The lowest BCUT2D eigenvalue weighted by atomic mass is 10.1. The normalized spacial score (nSPS) is 10.5. The number of carbonyl (C=O) groups is 2. The fraction of sp³-hybridized carbons (Fsp3) is 0.143. The van der Waals surface area contributed by atoms with Crippen molar-refractivity contribution in [2.75, 3.05) is 5.32 Å². The first-order valence-electron chi connectivity index (χ1n) is 8.16. The van der Waals surface area contributed by atoms with Crippen molar-refractivity contribution in [1.29, 1.82) is 0 Å². The molecule has 4 heteroatoms. The lowest BCUT2D eigenvalue weighted by Gasteiger charge is -2.09. The summed E-state index contributed by atoms with van der Waals surface area (Å²) >= 11 is 0. The maximum absolute atomic E-state index is 12.5. The molecule has 25 heavy (non-hydrogen) atoms. The molecule has 0 fully saturated rings. The third-order valence-corrected chi connectivity index (χ3v) is 4.05.